The summed E-state index contributed by atoms with van der Waals surface area (Å²) in [5.74, 6) is 1.11. The third-order valence-corrected chi connectivity index (χ3v) is 3.34. The second kappa shape index (κ2) is 13.2. The van der Waals surface area contributed by atoms with Crippen LogP contribution in [0.4, 0.5) is 0 Å². The second-order valence-corrected chi connectivity index (χ2v) is 6.36. The van der Waals surface area contributed by atoms with Crippen molar-refractivity contribution in [3.8, 4) is 0 Å². The molecule has 140 valence electrons. The summed E-state index contributed by atoms with van der Waals surface area (Å²) in [5, 5.41) is 6.65. The average molecular weight is 345 g/mol. The van der Waals surface area contributed by atoms with E-state index in [1.165, 1.54) is 0 Å². The van der Waals surface area contributed by atoms with Gasteiger partial charge in [0.15, 0.2) is 5.88 Å². The Labute approximate surface area is 154 Å². The molecule has 0 amide bonds. The Bertz CT molecular complexity index is 520. The van der Waals surface area contributed by atoms with Crippen LogP contribution in [0.1, 0.15) is 46.6 Å². The summed E-state index contributed by atoms with van der Waals surface area (Å²) in [6, 6.07) is 10.1. The van der Waals surface area contributed by atoms with Crippen LogP contribution in [0.2, 0.25) is 0 Å². The maximum absolute atomic E-state index is 5.72. The molecule has 0 radical (unpaired) electrons. The smallest absolute Gasteiger partial charge is 0.180 e. The number of benzene rings is 1. The van der Waals surface area contributed by atoms with Crippen LogP contribution >= 0.6 is 0 Å². The summed E-state index contributed by atoms with van der Waals surface area (Å²) in [6.45, 7) is 23.6. The van der Waals surface area contributed by atoms with Gasteiger partial charge < -0.3 is 15.4 Å². The van der Waals surface area contributed by atoms with E-state index in [-0.39, 0.29) is 6.04 Å². The molecule has 0 aliphatic rings. The predicted octanol–water partition coefficient (Wildman–Crippen LogP) is 5.38. The zero-order valence-electron chi connectivity index (χ0n) is 16.7. The molecule has 0 saturated carbocycles. The molecule has 25 heavy (non-hydrogen) atoms. The third kappa shape index (κ3) is 11.1. The predicted molar refractivity (Wildman–Crippen MR) is 110 cm³/mol. The van der Waals surface area contributed by atoms with Crippen molar-refractivity contribution in [1.82, 2.24) is 10.6 Å². The Morgan fingerprint density at radius 2 is 1.68 bits per heavy atom. The number of nitrogens with one attached hydrogen (secondary N) is 2. The quantitative estimate of drug-likeness (QED) is 0.417. The van der Waals surface area contributed by atoms with Crippen LogP contribution in [0.3, 0.4) is 0 Å². The van der Waals surface area contributed by atoms with E-state index < -0.39 is 0 Å². The summed E-state index contributed by atoms with van der Waals surface area (Å²) in [4.78, 5) is 0. The third-order valence-electron chi connectivity index (χ3n) is 3.34. The number of hydrogen-bond donors (Lipinski definition) is 2. The molecule has 0 aliphatic carbocycles. The van der Waals surface area contributed by atoms with Crippen molar-refractivity contribution in [1.29, 1.82) is 0 Å². The lowest BCUT2D eigenvalue weighted by molar-refractivity contribution is 0.171. The summed E-state index contributed by atoms with van der Waals surface area (Å²) >= 11 is 0. The van der Waals surface area contributed by atoms with Crippen molar-refractivity contribution < 1.29 is 4.74 Å². The number of hydrogen-bond acceptors (Lipinski definition) is 3. The maximum atomic E-state index is 5.72. The monoisotopic (exact) mass is 344 g/mol. The van der Waals surface area contributed by atoms with Crippen LogP contribution in [0.5, 0.6) is 0 Å². The minimum atomic E-state index is 0.0811. The SMILES string of the molecule is C=C(C)CNC(=C)C(CC(C)C)NC(=C)OCc1ccccc1.CC. The molecule has 0 heterocycles. The van der Waals surface area contributed by atoms with Crippen LogP contribution in [-0.2, 0) is 11.3 Å². The number of ether oxygens (including phenoxy) is 1. The highest BCUT2D eigenvalue weighted by molar-refractivity contribution is 5.14. The fourth-order valence-electron chi connectivity index (χ4n) is 2.13. The van der Waals surface area contributed by atoms with Crippen molar-refractivity contribution in [3.63, 3.8) is 0 Å². The molecule has 2 N–H and O–H groups in total. The summed E-state index contributed by atoms with van der Waals surface area (Å²) in [5.41, 5.74) is 3.13. The molecule has 1 rings (SSSR count). The van der Waals surface area contributed by atoms with Crippen LogP contribution in [0, 0.1) is 5.92 Å². The highest BCUT2D eigenvalue weighted by Crippen LogP contribution is 2.13. The van der Waals surface area contributed by atoms with Crippen LogP contribution < -0.4 is 10.6 Å². The molecule has 1 atom stereocenters. The van der Waals surface area contributed by atoms with Gasteiger partial charge in [-0.15, -0.1) is 0 Å². The molecular weight excluding hydrogens is 308 g/mol. The minimum Gasteiger partial charge on any atom is -0.475 e. The van der Waals surface area contributed by atoms with Crippen molar-refractivity contribution in [2.75, 3.05) is 6.54 Å². The molecule has 0 spiro atoms. The van der Waals surface area contributed by atoms with Gasteiger partial charge in [-0.2, -0.15) is 0 Å². The normalized spacial score (nSPS) is 11.0. The first-order valence-corrected chi connectivity index (χ1v) is 9.07. The first-order chi connectivity index (χ1) is 11.9. The topological polar surface area (TPSA) is 33.3 Å². The van der Waals surface area contributed by atoms with Gasteiger partial charge in [0.1, 0.15) is 6.61 Å². The molecule has 0 aliphatic heterocycles. The van der Waals surface area contributed by atoms with Gasteiger partial charge in [-0.1, -0.05) is 76.8 Å². The van der Waals surface area contributed by atoms with E-state index in [0.717, 1.165) is 29.8 Å². The molecule has 3 nitrogen and oxygen atoms in total. The lowest BCUT2D eigenvalue weighted by Crippen LogP contribution is -2.37. The summed E-state index contributed by atoms with van der Waals surface area (Å²) < 4.78 is 5.72. The Balaban J connectivity index is 0.00000277. The van der Waals surface area contributed by atoms with E-state index in [0.29, 0.717) is 18.4 Å². The van der Waals surface area contributed by atoms with E-state index in [1.54, 1.807) is 0 Å². The van der Waals surface area contributed by atoms with Crippen molar-refractivity contribution in [2.24, 2.45) is 5.92 Å². The Morgan fingerprint density at radius 3 is 2.20 bits per heavy atom. The van der Waals surface area contributed by atoms with Gasteiger partial charge >= 0.3 is 0 Å². The van der Waals surface area contributed by atoms with Crippen LogP contribution in [0.15, 0.2) is 67.2 Å². The molecule has 1 aromatic carbocycles. The van der Waals surface area contributed by atoms with Gasteiger partial charge in [-0.25, -0.2) is 0 Å². The lowest BCUT2D eigenvalue weighted by Gasteiger charge is -2.26. The van der Waals surface area contributed by atoms with Gasteiger partial charge in [0.05, 0.1) is 6.04 Å². The molecule has 1 aromatic rings. The van der Waals surface area contributed by atoms with E-state index >= 15 is 0 Å². The standard InChI is InChI=1S/C20H30N2O.C2H6/c1-15(2)12-20(17(5)21-13-16(3)4)22-18(6)23-14-19-10-8-7-9-11-19;1-2/h7-11,15,20-22H,3,5-6,12-14H2,1-2,4H3;1-2H3. The molecule has 0 saturated heterocycles. The average Bonchev–Trinajstić information content (AvgIpc) is 2.59. The molecule has 0 bridgehead atoms. The van der Waals surface area contributed by atoms with Gasteiger partial charge in [-0.05, 0) is 31.4 Å². The molecule has 1 unspecified atom stereocenters. The van der Waals surface area contributed by atoms with Gasteiger partial charge in [0.2, 0.25) is 0 Å². The fourth-order valence-corrected chi connectivity index (χ4v) is 2.13. The van der Waals surface area contributed by atoms with Crippen molar-refractivity contribution in [3.05, 3.63) is 72.8 Å². The van der Waals surface area contributed by atoms with E-state index in [2.05, 4.69) is 44.2 Å². The molecular formula is C22H36N2O. The van der Waals surface area contributed by atoms with Crippen LogP contribution in [-0.4, -0.2) is 12.6 Å². The highest BCUT2D eigenvalue weighted by Gasteiger charge is 2.15. The fraction of sp³-hybridized carbons (Fsp3) is 0.455. The van der Waals surface area contributed by atoms with Gasteiger partial charge in [0, 0.05) is 12.2 Å². The molecule has 0 aromatic heterocycles. The first-order valence-electron chi connectivity index (χ1n) is 9.07. The highest BCUT2D eigenvalue weighted by atomic mass is 16.5. The minimum absolute atomic E-state index is 0.0811. The zero-order valence-corrected chi connectivity index (χ0v) is 16.7. The van der Waals surface area contributed by atoms with E-state index in [4.69, 9.17) is 4.74 Å². The maximum Gasteiger partial charge on any atom is 0.180 e. The molecule has 3 heteroatoms. The first kappa shape index (κ1) is 22.8. The van der Waals surface area contributed by atoms with Gasteiger partial charge in [0.25, 0.3) is 0 Å². The Morgan fingerprint density at radius 1 is 1.08 bits per heavy atom. The van der Waals surface area contributed by atoms with Crippen LogP contribution in [0.25, 0.3) is 0 Å². The lowest BCUT2D eigenvalue weighted by atomic mass is 10.0. The number of rotatable bonds is 11. The Hall–Kier alpha value is -2.16. The van der Waals surface area contributed by atoms with Crippen molar-refractivity contribution in [2.45, 2.75) is 53.7 Å². The molecule has 0 fully saturated rings. The van der Waals surface area contributed by atoms with E-state index in [1.807, 2.05) is 51.1 Å². The summed E-state index contributed by atoms with van der Waals surface area (Å²) in [6.07, 6.45) is 0.954. The zero-order chi connectivity index (χ0) is 19.2. The van der Waals surface area contributed by atoms with Gasteiger partial charge in [-0.3, -0.25) is 0 Å². The Kier molecular flexibility index (Phi) is 12.0. The largest absolute Gasteiger partial charge is 0.475 e. The van der Waals surface area contributed by atoms with E-state index in [9.17, 15) is 0 Å². The van der Waals surface area contributed by atoms with Crippen molar-refractivity contribution >= 4 is 0 Å². The summed E-state index contributed by atoms with van der Waals surface area (Å²) in [7, 11) is 0. The second-order valence-electron chi connectivity index (χ2n) is 6.36.